The lowest BCUT2D eigenvalue weighted by Gasteiger charge is -2.41. The Balaban J connectivity index is 1.09. The number of esters is 2. The van der Waals surface area contributed by atoms with Crippen molar-refractivity contribution < 1.29 is 28.5 Å². The number of rotatable bonds is 20. The molecule has 0 unspecified atom stereocenters. The second-order valence-electron chi connectivity index (χ2n) is 20.3. The molecule has 2 aromatic rings. The van der Waals surface area contributed by atoms with Gasteiger partial charge in [-0.2, -0.15) is 0 Å². The fourth-order valence-corrected chi connectivity index (χ4v) is 11.5. The first-order chi connectivity index (χ1) is 31.7. The Kier molecular flexibility index (Phi) is 20.5. The van der Waals surface area contributed by atoms with Crippen LogP contribution in [0.25, 0.3) is 0 Å². The summed E-state index contributed by atoms with van der Waals surface area (Å²) >= 11 is 0. The molecule has 0 atom stereocenters. The molecule has 0 saturated heterocycles. The van der Waals surface area contributed by atoms with Crippen LogP contribution in [0.5, 0.6) is 5.75 Å². The van der Waals surface area contributed by atoms with E-state index in [4.69, 9.17) is 18.9 Å². The van der Waals surface area contributed by atoms with Gasteiger partial charge in [-0.15, -0.1) is 0 Å². The monoisotopic (exact) mass is 887 g/mol. The van der Waals surface area contributed by atoms with E-state index in [1.165, 1.54) is 103 Å². The van der Waals surface area contributed by atoms with Gasteiger partial charge in [0.1, 0.15) is 11.4 Å². The highest BCUT2D eigenvalue weighted by atomic mass is 16.6. The zero-order valence-electron chi connectivity index (χ0n) is 40.6. The molecule has 0 spiro atoms. The second-order valence-corrected chi connectivity index (χ2v) is 20.3. The Morgan fingerprint density at radius 3 is 1.65 bits per heavy atom. The molecule has 0 radical (unpaired) electrons. The molecule has 4 fully saturated rings. The van der Waals surface area contributed by atoms with E-state index in [1.54, 1.807) is 24.3 Å². The Hall–Kier alpha value is -4.00. The minimum absolute atomic E-state index is 0.257. The molecule has 4 aliphatic carbocycles. The van der Waals surface area contributed by atoms with Crippen molar-refractivity contribution in [2.45, 2.75) is 192 Å². The Morgan fingerprint density at radius 2 is 1.11 bits per heavy atom. The van der Waals surface area contributed by atoms with E-state index in [-0.39, 0.29) is 18.2 Å². The fourth-order valence-electron chi connectivity index (χ4n) is 11.5. The van der Waals surface area contributed by atoms with Gasteiger partial charge in [0, 0.05) is 30.2 Å². The highest BCUT2D eigenvalue weighted by Gasteiger charge is 2.41. The number of carbonyl (C=O) groups is 2. The number of ether oxygens (including phenoxy) is 4. The van der Waals surface area contributed by atoms with Gasteiger partial charge in [0.25, 0.3) is 0 Å². The maximum atomic E-state index is 13.8. The largest absolute Gasteiger partial charge is 0.493 e. The number of benzene rings is 2. The van der Waals surface area contributed by atoms with E-state index in [2.05, 4.69) is 75.3 Å². The Morgan fingerprint density at radius 1 is 0.585 bits per heavy atom. The molecule has 6 heteroatoms. The van der Waals surface area contributed by atoms with Crippen LogP contribution in [0, 0.1) is 59.2 Å². The molecule has 0 N–H and O–H groups in total. The molecule has 4 aliphatic rings. The molecule has 0 bridgehead atoms. The van der Waals surface area contributed by atoms with Gasteiger partial charge >= 0.3 is 11.9 Å². The maximum absolute atomic E-state index is 13.8. The van der Waals surface area contributed by atoms with Gasteiger partial charge in [-0.3, -0.25) is 0 Å². The van der Waals surface area contributed by atoms with Crippen molar-refractivity contribution in [2.24, 2.45) is 35.5 Å². The molecule has 65 heavy (non-hydrogen) atoms. The molecule has 354 valence electrons. The maximum Gasteiger partial charge on any atom is 0.339 e. The predicted octanol–water partition coefficient (Wildman–Crippen LogP) is 14.4. The third-order valence-corrected chi connectivity index (χ3v) is 15.7. The summed E-state index contributed by atoms with van der Waals surface area (Å²) in [6, 6.07) is 15.4. The Bertz CT molecular complexity index is 1860. The summed E-state index contributed by atoms with van der Waals surface area (Å²) < 4.78 is 24.0. The van der Waals surface area contributed by atoms with Gasteiger partial charge < -0.3 is 18.9 Å². The Labute approximate surface area is 394 Å². The highest BCUT2D eigenvalue weighted by Crippen LogP contribution is 2.46. The van der Waals surface area contributed by atoms with Crippen molar-refractivity contribution >= 4 is 11.9 Å². The van der Waals surface area contributed by atoms with Crippen LogP contribution in [0.4, 0.5) is 0 Å². The van der Waals surface area contributed by atoms with Crippen molar-refractivity contribution in [3.63, 3.8) is 0 Å². The van der Waals surface area contributed by atoms with Crippen LogP contribution in [0.15, 0.2) is 61.2 Å². The topological polar surface area (TPSA) is 71.1 Å². The average Bonchev–Trinajstić information content (AvgIpc) is 3.34. The fraction of sp³-hybridized carbons (Fsp3) is 0.661. The zero-order chi connectivity index (χ0) is 45.7. The molecule has 6 nitrogen and oxygen atoms in total. The van der Waals surface area contributed by atoms with Crippen LogP contribution in [-0.4, -0.2) is 43.0 Å². The first kappa shape index (κ1) is 50.4. The number of hydrogen-bond acceptors (Lipinski definition) is 6. The molecule has 2 aromatic carbocycles. The van der Waals surface area contributed by atoms with Crippen LogP contribution in [0.1, 0.15) is 203 Å². The number of unbranched alkanes of at least 4 members (excludes halogenated alkanes) is 3. The lowest BCUT2D eigenvalue weighted by Crippen LogP contribution is -2.39. The van der Waals surface area contributed by atoms with Gasteiger partial charge in [0.15, 0.2) is 5.60 Å². The van der Waals surface area contributed by atoms with Crippen molar-refractivity contribution in [1.29, 1.82) is 0 Å². The standard InChI is InChI=1S/C59H82O6/c1-5-9-11-14-47-21-25-51(26-22-47)52-33-39-58(40-34-52,64-45-10-6-2)37-31-48-15-17-49(18-16-48)32-38-59(41-35-53(36-42-59)50-23-19-46(13-7-3)20-24-50)65-57(61)54-27-29-55(30-28-54)62-43-12-44-63-56(60)8-4/h8,15-18,27-30,46-47,50-53H,4-7,9-14,19-26,33-36,39-45H2,1-3H3. The van der Waals surface area contributed by atoms with Gasteiger partial charge in [-0.25, -0.2) is 9.59 Å². The van der Waals surface area contributed by atoms with Gasteiger partial charge in [-0.05, 0) is 173 Å². The van der Waals surface area contributed by atoms with E-state index in [0.29, 0.717) is 30.3 Å². The van der Waals surface area contributed by atoms with E-state index in [1.807, 2.05) is 0 Å². The SMILES string of the molecule is C=CC(=O)OCCCOc1ccc(C(=O)OC2(C#Cc3ccc(C#CC4(OCCCC)CCC(C5CCC(CCCCC)CC5)CC4)cc3)CCC(C3CCC(CCC)CC3)CC2)cc1. The normalized spacial score (nSPS) is 27.8. The van der Waals surface area contributed by atoms with Crippen molar-refractivity contribution in [3.8, 4) is 29.4 Å². The number of hydrogen-bond donors (Lipinski definition) is 0. The third-order valence-electron chi connectivity index (χ3n) is 15.7. The zero-order valence-corrected chi connectivity index (χ0v) is 40.6. The third kappa shape index (κ3) is 15.8. The first-order valence-electron chi connectivity index (χ1n) is 26.3. The summed E-state index contributed by atoms with van der Waals surface area (Å²) in [4.78, 5) is 25.1. The van der Waals surface area contributed by atoms with Gasteiger partial charge in [0.05, 0.1) is 18.8 Å². The quantitative estimate of drug-likeness (QED) is 0.0571. The van der Waals surface area contributed by atoms with E-state index in [9.17, 15) is 9.59 Å². The molecular weight excluding hydrogens is 805 g/mol. The van der Waals surface area contributed by atoms with E-state index in [0.717, 1.165) is 105 Å². The second kappa shape index (κ2) is 26.4. The highest BCUT2D eigenvalue weighted by molar-refractivity contribution is 5.90. The summed E-state index contributed by atoms with van der Waals surface area (Å²) in [6.07, 6.45) is 31.2. The average molecular weight is 887 g/mol. The summed E-state index contributed by atoms with van der Waals surface area (Å²) in [7, 11) is 0. The molecule has 6 rings (SSSR count). The van der Waals surface area contributed by atoms with E-state index < -0.39 is 11.6 Å². The van der Waals surface area contributed by atoms with Gasteiger partial charge in [0.2, 0.25) is 0 Å². The smallest absolute Gasteiger partial charge is 0.339 e. The summed E-state index contributed by atoms with van der Waals surface area (Å²) in [5, 5.41) is 0. The lowest BCUT2D eigenvalue weighted by atomic mass is 9.67. The molecular formula is C59H82O6. The molecule has 0 aliphatic heterocycles. The lowest BCUT2D eigenvalue weighted by molar-refractivity contribution is -0.137. The minimum atomic E-state index is -0.849. The van der Waals surface area contributed by atoms with Crippen molar-refractivity contribution in [2.75, 3.05) is 19.8 Å². The molecule has 0 heterocycles. The van der Waals surface area contributed by atoms with E-state index >= 15 is 0 Å². The molecule has 0 amide bonds. The van der Waals surface area contributed by atoms with Crippen LogP contribution < -0.4 is 4.74 Å². The molecule has 0 aromatic heterocycles. The van der Waals surface area contributed by atoms with Crippen LogP contribution >= 0.6 is 0 Å². The van der Waals surface area contributed by atoms with Crippen LogP contribution in [-0.2, 0) is 19.0 Å². The summed E-state index contributed by atoms with van der Waals surface area (Å²) in [5.74, 6) is 19.0. The summed E-state index contributed by atoms with van der Waals surface area (Å²) in [6.45, 7) is 11.7. The first-order valence-corrected chi connectivity index (χ1v) is 26.3. The van der Waals surface area contributed by atoms with Crippen LogP contribution in [0.3, 0.4) is 0 Å². The van der Waals surface area contributed by atoms with Crippen molar-refractivity contribution in [1.82, 2.24) is 0 Å². The minimum Gasteiger partial charge on any atom is -0.493 e. The van der Waals surface area contributed by atoms with Crippen molar-refractivity contribution in [3.05, 3.63) is 77.9 Å². The predicted molar refractivity (Wildman–Crippen MR) is 264 cm³/mol. The van der Waals surface area contributed by atoms with Crippen LogP contribution in [0.2, 0.25) is 0 Å². The number of carbonyl (C=O) groups excluding carboxylic acids is 2. The summed E-state index contributed by atoms with van der Waals surface area (Å²) in [5.41, 5.74) is 1.15. The van der Waals surface area contributed by atoms with Gasteiger partial charge in [-0.1, -0.05) is 116 Å². The molecule has 4 saturated carbocycles.